The smallest absolute Gasteiger partial charge is 0.0468 e. The molecule has 0 fully saturated rings. The Morgan fingerprint density at radius 3 is 1.22 bits per heavy atom. The van der Waals surface area contributed by atoms with Crippen molar-refractivity contribution in [2.24, 2.45) is 0 Å². The molecule has 1 heteroatoms. The minimum absolute atomic E-state index is 1.11. The lowest BCUT2D eigenvalue weighted by Crippen LogP contribution is -2.09. The Labute approximate surface area is 322 Å². The van der Waals surface area contributed by atoms with Crippen molar-refractivity contribution in [2.45, 2.75) is 0 Å². The van der Waals surface area contributed by atoms with Crippen LogP contribution in [0.4, 0.5) is 17.1 Å². The molecule has 0 N–H and O–H groups in total. The van der Waals surface area contributed by atoms with Crippen LogP contribution in [-0.2, 0) is 0 Å². The van der Waals surface area contributed by atoms with Crippen molar-refractivity contribution in [1.29, 1.82) is 0 Å². The van der Waals surface area contributed by atoms with Gasteiger partial charge in [0.2, 0.25) is 0 Å². The highest BCUT2D eigenvalue weighted by atomic mass is 15.1. The summed E-state index contributed by atoms with van der Waals surface area (Å²) >= 11 is 0. The molecule has 0 aliphatic rings. The van der Waals surface area contributed by atoms with Gasteiger partial charge in [-0.25, -0.2) is 0 Å². The van der Waals surface area contributed by atoms with Crippen LogP contribution in [-0.4, -0.2) is 0 Å². The Hall–Kier alpha value is -7.22. The van der Waals surface area contributed by atoms with E-state index in [-0.39, 0.29) is 0 Å². The predicted octanol–water partition coefficient (Wildman–Crippen LogP) is 15.3. The van der Waals surface area contributed by atoms with E-state index in [0.29, 0.717) is 0 Å². The maximum Gasteiger partial charge on any atom is 0.0468 e. The van der Waals surface area contributed by atoms with E-state index in [1.54, 1.807) is 0 Å². The van der Waals surface area contributed by atoms with E-state index in [1.807, 2.05) is 0 Å². The first-order valence-corrected chi connectivity index (χ1v) is 18.9. The number of anilines is 3. The Bertz CT molecular complexity index is 2950. The second kappa shape index (κ2) is 14.0. The summed E-state index contributed by atoms with van der Waals surface area (Å²) in [5.74, 6) is 0. The number of rotatable bonds is 7. The molecule has 0 amide bonds. The molecule has 0 bridgehead atoms. The SMILES string of the molecule is c1ccc(-c2ccc(N(c3ccc(-c4ccc(-c5ccccc5)c5ccccc45)cc3)c3ccc4cc(-c5ccc6ccccc6c5)ccc4c3)cc2)cc1. The third kappa shape index (κ3) is 6.22. The van der Waals surface area contributed by atoms with Crippen LogP contribution in [0.3, 0.4) is 0 Å². The summed E-state index contributed by atoms with van der Waals surface area (Å²) in [6, 6.07) is 81.4. The minimum Gasteiger partial charge on any atom is -0.310 e. The zero-order valence-corrected chi connectivity index (χ0v) is 30.3. The first-order chi connectivity index (χ1) is 27.2. The Kier molecular flexibility index (Phi) is 8.24. The van der Waals surface area contributed by atoms with Gasteiger partial charge in [-0.3, -0.25) is 0 Å². The number of benzene rings is 10. The number of fused-ring (bicyclic) bond motifs is 3. The first kappa shape index (κ1) is 32.4. The molecule has 258 valence electrons. The Morgan fingerprint density at radius 2 is 0.600 bits per heavy atom. The highest BCUT2D eigenvalue weighted by molar-refractivity contribution is 6.05. The number of nitrogens with zero attached hydrogens (tertiary/aromatic N) is 1. The van der Waals surface area contributed by atoms with Gasteiger partial charge in [-0.05, 0) is 125 Å². The highest BCUT2D eigenvalue weighted by Gasteiger charge is 2.16. The summed E-state index contributed by atoms with van der Waals surface area (Å²) in [4.78, 5) is 2.37. The number of hydrogen-bond donors (Lipinski definition) is 0. The van der Waals surface area contributed by atoms with Crippen molar-refractivity contribution >= 4 is 49.4 Å². The second-order valence-electron chi connectivity index (χ2n) is 14.2. The van der Waals surface area contributed by atoms with E-state index in [9.17, 15) is 0 Å². The lowest BCUT2D eigenvalue weighted by atomic mass is 9.92. The average Bonchev–Trinajstić information content (AvgIpc) is 3.27. The third-order valence-electron chi connectivity index (χ3n) is 10.8. The normalized spacial score (nSPS) is 11.3. The maximum atomic E-state index is 2.37. The van der Waals surface area contributed by atoms with E-state index in [1.165, 1.54) is 76.8 Å². The maximum absolute atomic E-state index is 2.37. The molecule has 1 nitrogen and oxygen atoms in total. The molecule has 0 aromatic heterocycles. The Morgan fingerprint density at radius 1 is 0.218 bits per heavy atom. The van der Waals surface area contributed by atoms with E-state index < -0.39 is 0 Å². The third-order valence-corrected chi connectivity index (χ3v) is 10.8. The van der Waals surface area contributed by atoms with Crippen molar-refractivity contribution in [1.82, 2.24) is 0 Å². The molecular weight excluding hydrogens is 663 g/mol. The summed E-state index contributed by atoms with van der Waals surface area (Å²) in [7, 11) is 0. The van der Waals surface area contributed by atoms with Crippen LogP contribution < -0.4 is 4.90 Å². The van der Waals surface area contributed by atoms with Gasteiger partial charge in [0.15, 0.2) is 0 Å². The molecule has 0 radical (unpaired) electrons. The van der Waals surface area contributed by atoms with Gasteiger partial charge in [0.1, 0.15) is 0 Å². The molecule has 55 heavy (non-hydrogen) atoms. The quantitative estimate of drug-likeness (QED) is 0.160. The van der Waals surface area contributed by atoms with Gasteiger partial charge in [-0.1, -0.05) is 176 Å². The molecule has 0 heterocycles. The predicted molar refractivity (Wildman–Crippen MR) is 235 cm³/mol. The van der Waals surface area contributed by atoms with Gasteiger partial charge < -0.3 is 4.90 Å². The summed E-state index contributed by atoms with van der Waals surface area (Å²) in [6.07, 6.45) is 0. The van der Waals surface area contributed by atoms with Crippen LogP contribution in [0.25, 0.3) is 76.8 Å². The molecule has 10 aromatic rings. The van der Waals surface area contributed by atoms with Crippen molar-refractivity contribution < 1.29 is 0 Å². The van der Waals surface area contributed by atoms with Gasteiger partial charge in [-0.15, -0.1) is 0 Å². The van der Waals surface area contributed by atoms with E-state index in [0.717, 1.165) is 17.1 Å². The summed E-state index contributed by atoms with van der Waals surface area (Å²) in [6.45, 7) is 0. The molecule has 0 aliphatic heterocycles. The lowest BCUT2D eigenvalue weighted by Gasteiger charge is -2.26. The van der Waals surface area contributed by atoms with Crippen molar-refractivity contribution in [2.75, 3.05) is 4.90 Å². The highest BCUT2D eigenvalue weighted by Crippen LogP contribution is 2.40. The van der Waals surface area contributed by atoms with E-state index >= 15 is 0 Å². The molecule has 0 spiro atoms. The summed E-state index contributed by atoms with van der Waals surface area (Å²) in [5, 5.41) is 7.45. The molecule has 0 unspecified atom stereocenters. The Balaban J connectivity index is 1.04. The van der Waals surface area contributed by atoms with Crippen LogP contribution in [0.5, 0.6) is 0 Å². The van der Waals surface area contributed by atoms with E-state index in [2.05, 4.69) is 229 Å². The van der Waals surface area contributed by atoms with Crippen molar-refractivity contribution in [3.63, 3.8) is 0 Å². The van der Waals surface area contributed by atoms with E-state index in [4.69, 9.17) is 0 Å². The van der Waals surface area contributed by atoms with Crippen LogP contribution >= 0.6 is 0 Å². The molecule has 10 aromatic carbocycles. The average molecular weight is 700 g/mol. The molecule has 0 atom stereocenters. The second-order valence-corrected chi connectivity index (χ2v) is 14.2. The van der Waals surface area contributed by atoms with Crippen LogP contribution in [0, 0.1) is 0 Å². The van der Waals surface area contributed by atoms with Gasteiger partial charge >= 0.3 is 0 Å². The van der Waals surface area contributed by atoms with Crippen LogP contribution in [0.1, 0.15) is 0 Å². The molecule has 0 saturated carbocycles. The molecule has 10 rings (SSSR count). The van der Waals surface area contributed by atoms with Gasteiger partial charge in [-0.2, -0.15) is 0 Å². The fraction of sp³-hybridized carbons (Fsp3) is 0. The fourth-order valence-corrected chi connectivity index (χ4v) is 8.01. The monoisotopic (exact) mass is 699 g/mol. The fourth-order valence-electron chi connectivity index (χ4n) is 8.01. The molecular formula is C54H37N. The molecule has 0 saturated heterocycles. The lowest BCUT2D eigenvalue weighted by molar-refractivity contribution is 1.29. The summed E-state index contributed by atoms with van der Waals surface area (Å²) < 4.78 is 0. The largest absolute Gasteiger partial charge is 0.310 e. The van der Waals surface area contributed by atoms with Crippen LogP contribution in [0.2, 0.25) is 0 Å². The van der Waals surface area contributed by atoms with Crippen molar-refractivity contribution in [3.05, 3.63) is 224 Å². The zero-order valence-electron chi connectivity index (χ0n) is 30.3. The zero-order chi connectivity index (χ0) is 36.6. The van der Waals surface area contributed by atoms with Gasteiger partial charge in [0, 0.05) is 17.1 Å². The minimum atomic E-state index is 1.11. The van der Waals surface area contributed by atoms with Crippen LogP contribution in [0.15, 0.2) is 224 Å². The summed E-state index contributed by atoms with van der Waals surface area (Å²) in [5.41, 5.74) is 13.1. The van der Waals surface area contributed by atoms with Gasteiger partial charge in [0.05, 0.1) is 0 Å². The number of hydrogen-bond acceptors (Lipinski definition) is 1. The molecule has 0 aliphatic carbocycles. The topological polar surface area (TPSA) is 3.24 Å². The first-order valence-electron chi connectivity index (χ1n) is 18.9. The van der Waals surface area contributed by atoms with Crippen molar-refractivity contribution in [3.8, 4) is 44.5 Å². The standard InChI is InChI=1S/C54H37N/c1-3-11-38(12-4-1)40-23-28-48(29-24-40)55(50-32-27-46-36-45(21-22-47(46)37-50)44-20-19-39-13-7-8-16-43(39)35-44)49-30-25-42(26-31-49)52-34-33-51(41-14-5-2-6-15-41)53-17-9-10-18-54(52)53/h1-37H. The van der Waals surface area contributed by atoms with Gasteiger partial charge in [0.25, 0.3) is 0 Å².